The molecule has 0 bridgehead atoms. The van der Waals surface area contributed by atoms with Crippen LogP contribution in [0, 0.1) is 0 Å². The molecule has 5 rings (SSSR count). The molecule has 4 aromatic carbocycles. The molecule has 7 N–H and O–H groups in total. The number of hydrogen-bond acceptors (Lipinski definition) is 16. The van der Waals surface area contributed by atoms with Crippen molar-refractivity contribution in [2.75, 3.05) is 14.2 Å². The van der Waals surface area contributed by atoms with E-state index in [1.807, 2.05) is 0 Å². The number of aromatic hydroxyl groups is 7. The smallest absolute Gasteiger partial charge is 0.347 e. The molecule has 0 radical (unpaired) electrons. The maximum absolute atomic E-state index is 14.2. The molecule has 1 heterocycles. The van der Waals surface area contributed by atoms with Crippen LogP contribution < -0.4 is 4.74 Å². The molecular weight excluding hydrogens is 712 g/mol. The van der Waals surface area contributed by atoms with Crippen LogP contribution in [0.15, 0.2) is 72.8 Å². The summed E-state index contributed by atoms with van der Waals surface area (Å²) in [6, 6.07) is 13.6. The fraction of sp³-hybridized carbons (Fsp3) is 0.211. The first-order valence-electron chi connectivity index (χ1n) is 16.0. The Kier molecular flexibility index (Phi) is 11.3. The van der Waals surface area contributed by atoms with Gasteiger partial charge in [-0.2, -0.15) is 0 Å². The molecule has 0 unspecified atom stereocenters. The van der Waals surface area contributed by atoms with Gasteiger partial charge in [0.25, 0.3) is 0 Å². The minimum Gasteiger partial charge on any atom is -0.504 e. The van der Waals surface area contributed by atoms with E-state index in [-0.39, 0.29) is 40.8 Å². The molecule has 282 valence electrons. The summed E-state index contributed by atoms with van der Waals surface area (Å²) in [5.41, 5.74) is 0.839. The van der Waals surface area contributed by atoms with Gasteiger partial charge < -0.3 is 59.4 Å². The van der Waals surface area contributed by atoms with Crippen LogP contribution in [0.2, 0.25) is 0 Å². The normalized spacial score (nSPS) is 15.7. The zero-order valence-corrected chi connectivity index (χ0v) is 28.5. The van der Waals surface area contributed by atoms with E-state index in [9.17, 15) is 54.9 Å². The fourth-order valence-corrected chi connectivity index (χ4v) is 5.74. The first-order chi connectivity index (χ1) is 25.7. The highest BCUT2D eigenvalue weighted by molar-refractivity contribution is 5.92. The van der Waals surface area contributed by atoms with E-state index in [4.69, 9.17) is 23.7 Å². The molecule has 0 spiro atoms. The van der Waals surface area contributed by atoms with Crippen LogP contribution in [-0.4, -0.2) is 86.1 Å². The Hall–Kier alpha value is -7.10. The third-order valence-electron chi connectivity index (χ3n) is 8.42. The number of carbonyl (C=O) groups excluding carboxylic acids is 4. The van der Waals surface area contributed by atoms with Gasteiger partial charge in [-0.15, -0.1) is 0 Å². The first-order valence-corrected chi connectivity index (χ1v) is 16.0. The predicted molar refractivity (Wildman–Crippen MR) is 184 cm³/mol. The van der Waals surface area contributed by atoms with Crippen LogP contribution >= 0.6 is 0 Å². The van der Waals surface area contributed by atoms with Gasteiger partial charge >= 0.3 is 23.9 Å². The largest absolute Gasteiger partial charge is 0.504 e. The average Bonchev–Trinajstić information content (AvgIpc) is 3.56. The van der Waals surface area contributed by atoms with Gasteiger partial charge in [-0.05, 0) is 70.8 Å². The molecule has 0 fully saturated rings. The van der Waals surface area contributed by atoms with Crippen molar-refractivity contribution in [3.63, 3.8) is 0 Å². The van der Waals surface area contributed by atoms with Crippen LogP contribution in [0.5, 0.6) is 46.0 Å². The number of hydrogen-bond donors (Lipinski definition) is 7. The number of ether oxygens (including phenoxy) is 5. The molecule has 0 saturated carbocycles. The standard InChI is InChI=1S/C38H34O16/c1-50-36(47)29(15-18-3-8-22(39)26(43)13-18)52-31(46)12-7-20-5-11-25(42)35-32(20)33(34(54-35)21-6-10-24(41)28(45)17-21)38(49)53-30(37(48)51-2)16-19-4-9-23(40)27(44)14-19/h3-14,17,29-30,33-34,39-45H,15-16H2,1-2H3/t29-,30-,33+,34-/m0/s1. The van der Waals surface area contributed by atoms with Gasteiger partial charge in [0.1, 0.15) is 12.0 Å². The van der Waals surface area contributed by atoms with Crippen molar-refractivity contribution >= 4 is 30.0 Å². The third kappa shape index (κ3) is 8.33. The molecule has 54 heavy (non-hydrogen) atoms. The summed E-state index contributed by atoms with van der Waals surface area (Å²) in [6.07, 6.45) is -2.82. The summed E-state index contributed by atoms with van der Waals surface area (Å²) in [5.74, 6) is -9.00. The van der Waals surface area contributed by atoms with Crippen molar-refractivity contribution in [2.45, 2.75) is 37.1 Å². The molecule has 16 nitrogen and oxygen atoms in total. The predicted octanol–water partition coefficient (Wildman–Crippen LogP) is 3.51. The van der Waals surface area contributed by atoms with Crippen molar-refractivity contribution in [1.29, 1.82) is 0 Å². The lowest BCUT2D eigenvalue weighted by Crippen LogP contribution is -2.33. The van der Waals surface area contributed by atoms with E-state index in [1.54, 1.807) is 0 Å². The van der Waals surface area contributed by atoms with Crippen LogP contribution in [-0.2, 0) is 51.0 Å². The van der Waals surface area contributed by atoms with Gasteiger partial charge in [0, 0.05) is 24.5 Å². The van der Waals surface area contributed by atoms with E-state index < -0.39 is 88.4 Å². The van der Waals surface area contributed by atoms with E-state index in [2.05, 4.69) is 0 Å². The summed E-state index contributed by atoms with van der Waals surface area (Å²) >= 11 is 0. The van der Waals surface area contributed by atoms with E-state index >= 15 is 0 Å². The highest BCUT2D eigenvalue weighted by Crippen LogP contribution is 2.53. The topological polar surface area (TPSA) is 256 Å². The van der Waals surface area contributed by atoms with Crippen LogP contribution in [0.4, 0.5) is 0 Å². The van der Waals surface area contributed by atoms with Crippen molar-refractivity contribution < 1.29 is 78.6 Å². The second kappa shape index (κ2) is 16.1. The number of phenolic OH excluding ortho intramolecular Hbond substituents is 7. The van der Waals surface area contributed by atoms with Gasteiger partial charge in [0.2, 0.25) is 12.2 Å². The second-order valence-corrected chi connectivity index (χ2v) is 12.0. The highest BCUT2D eigenvalue weighted by Gasteiger charge is 2.46. The lowest BCUT2D eigenvalue weighted by molar-refractivity contribution is -0.167. The SMILES string of the molecule is COC(=O)[C@H](Cc1ccc(O)c(O)c1)OC(=O)C=Cc1ccc(O)c2c1[C@@H](C(=O)O[C@@H](Cc1ccc(O)c(O)c1)C(=O)OC)[C@H](c1ccc(O)c(O)c1)O2. The van der Waals surface area contributed by atoms with Crippen molar-refractivity contribution in [2.24, 2.45) is 0 Å². The number of carbonyl (C=O) groups is 4. The number of methoxy groups -OCH3 is 2. The molecule has 4 atom stereocenters. The van der Waals surface area contributed by atoms with Crippen LogP contribution in [0.1, 0.15) is 39.8 Å². The minimum atomic E-state index is -1.60. The van der Waals surface area contributed by atoms with E-state index in [1.165, 1.54) is 54.6 Å². The molecule has 0 saturated heterocycles. The maximum atomic E-state index is 14.2. The van der Waals surface area contributed by atoms with Crippen LogP contribution in [0.25, 0.3) is 6.08 Å². The molecule has 0 amide bonds. The van der Waals surface area contributed by atoms with Crippen molar-refractivity contribution in [3.8, 4) is 46.0 Å². The summed E-state index contributed by atoms with van der Waals surface area (Å²) in [4.78, 5) is 52.5. The number of phenols is 7. The number of benzene rings is 4. The molecule has 16 heteroatoms. The maximum Gasteiger partial charge on any atom is 0.347 e. The summed E-state index contributed by atoms with van der Waals surface area (Å²) in [5, 5.41) is 70.2. The first kappa shape index (κ1) is 38.1. The third-order valence-corrected chi connectivity index (χ3v) is 8.42. The quantitative estimate of drug-likeness (QED) is 0.0474. The monoisotopic (exact) mass is 746 g/mol. The lowest BCUT2D eigenvalue weighted by Gasteiger charge is -2.22. The Bertz CT molecular complexity index is 2120. The Morgan fingerprint density at radius 1 is 0.648 bits per heavy atom. The zero-order valence-electron chi connectivity index (χ0n) is 28.5. The Balaban J connectivity index is 1.49. The molecule has 0 aliphatic carbocycles. The fourth-order valence-electron chi connectivity index (χ4n) is 5.74. The Morgan fingerprint density at radius 3 is 1.67 bits per heavy atom. The van der Waals surface area contributed by atoms with Gasteiger partial charge in [-0.1, -0.05) is 24.3 Å². The van der Waals surface area contributed by atoms with Gasteiger partial charge in [-0.25, -0.2) is 14.4 Å². The zero-order chi connectivity index (χ0) is 39.3. The van der Waals surface area contributed by atoms with Crippen LogP contribution in [0.3, 0.4) is 0 Å². The lowest BCUT2D eigenvalue weighted by atomic mass is 9.87. The minimum absolute atomic E-state index is 0.0170. The number of esters is 4. The van der Waals surface area contributed by atoms with E-state index in [0.29, 0.717) is 5.56 Å². The van der Waals surface area contributed by atoms with Gasteiger partial charge in [-0.3, -0.25) is 4.79 Å². The molecule has 4 aromatic rings. The molecule has 1 aliphatic heterocycles. The second-order valence-electron chi connectivity index (χ2n) is 12.0. The van der Waals surface area contributed by atoms with Gasteiger partial charge in [0.15, 0.2) is 46.0 Å². The summed E-state index contributed by atoms with van der Waals surface area (Å²) < 4.78 is 26.7. The van der Waals surface area contributed by atoms with Crippen molar-refractivity contribution in [1.82, 2.24) is 0 Å². The summed E-state index contributed by atoms with van der Waals surface area (Å²) in [7, 11) is 2.14. The van der Waals surface area contributed by atoms with Crippen molar-refractivity contribution in [3.05, 3.63) is 101 Å². The average molecular weight is 747 g/mol. The number of rotatable bonds is 12. The summed E-state index contributed by atoms with van der Waals surface area (Å²) in [6.45, 7) is 0. The molecule has 1 aliphatic rings. The molecular formula is C38H34O16. The number of fused-ring (bicyclic) bond motifs is 1. The van der Waals surface area contributed by atoms with Gasteiger partial charge in [0.05, 0.1) is 14.2 Å². The molecule has 0 aromatic heterocycles. The Labute approximate surface area is 306 Å². The van der Waals surface area contributed by atoms with E-state index in [0.717, 1.165) is 38.5 Å². The highest BCUT2D eigenvalue weighted by atomic mass is 16.6. The Morgan fingerprint density at radius 2 is 1.15 bits per heavy atom.